The van der Waals surface area contributed by atoms with Gasteiger partial charge in [-0.25, -0.2) is 9.25 Å². The molecule has 0 N–H and O–H groups in total. The Labute approximate surface area is 191 Å². The van der Waals surface area contributed by atoms with Gasteiger partial charge in [0.2, 0.25) is 10.5 Å². The van der Waals surface area contributed by atoms with Crippen LogP contribution in [0.3, 0.4) is 0 Å². The standard InChI is InChI=1S/C24H27N5O2S/c1-3-14-26(15-17-8-9-17)16-27-24(32)29-21-7-5-4-6-20(21)22(30)28(23(29)25-27)18-10-12-19(31-2)13-11-18/h4-7,10-13,17H,3,8-9,14-16H2,1-2H3. The van der Waals surface area contributed by atoms with Crippen molar-refractivity contribution in [3.63, 3.8) is 0 Å². The first-order valence-electron chi connectivity index (χ1n) is 11.1. The molecule has 166 valence electrons. The molecule has 8 heteroatoms. The minimum atomic E-state index is -0.117. The monoisotopic (exact) mass is 449 g/mol. The van der Waals surface area contributed by atoms with E-state index in [1.54, 1.807) is 11.7 Å². The molecule has 2 aromatic heterocycles. The molecule has 0 amide bonds. The molecule has 1 saturated carbocycles. The second-order valence-electron chi connectivity index (χ2n) is 8.44. The van der Waals surface area contributed by atoms with E-state index in [0.717, 1.165) is 42.4 Å². The van der Waals surface area contributed by atoms with E-state index in [1.807, 2.05) is 57.6 Å². The number of aromatic nitrogens is 4. The van der Waals surface area contributed by atoms with Crippen molar-refractivity contribution in [2.75, 3.05) is 20.2 Å². The molecule has 0 bridgehead atoms. The van der Waals surface area contributed by atoms with Crippen LogP contribution in [0, 0.1) is 10.7 Å². The highest BCUT2D eigenvalue weighted by Gasteiger charge is 2.25. The van der Waals surface area contributed by atoms with Gasteiger partial charge < -0.3 is 4.74 Å². The lowest BCUT2D eigenvalue weighted by molar-refractivity contribution is 0.198. The SMILES string of the molecule is CCCN(CC1CC1)Cn1nc2n(-c3ccc(OC)cc3)c(=O)c3ccccc3n2c1=S. The Hall–Kier alpha value is -2.97. The quantitative estimate of drug-likeness (QED) is 0.376. The summed E-state index contributed by atoms with van der Waals surface area (Å²) in [5.74, 6) is 2.04. The lowest BCUT2D eigenvalue weighted by atomic mass is 10.2. The third kappa shape index (κ3) is 3.73. The number of nitrogens with zero attached hydrogens (tertiary/aromatic N) is 5. The van der Waals surface area contributed by atoms with Gasteiger partial charge in [0.05, 0.1) is 30.4 Å². The van der Waals surface area contributed by atoms with Gasteiger partial charge in [-0.05, 0) is 80.3 Å². The smallest absolute Gasteiger partial charge is 0.267 e. The first-order chi connectivity index (χ1) is 15.6. The van der Waals surface area contributed by atoms with E-state index in [4.69, 9.17) is 22.1 Å². The molecule has 0 unspecified atom stereocenters. The Morgan fingerprint density at radius 1 is 1.16 bits per heavy atom. The van der Waals surface area contributed by atoms with Crippen LogP contribution in [0.5, 0.6) is 5.75 Å². The summed E-state index contributed by atoms with van der Waals surface area (Å²) in [7, 11) is 1.63. The lowest BCUT2D eigenvalue weighted by Crippen LogP contribution is -2.30. The molecule has 1 fully saturated rings. The van der Waals surface area contributed by atoms with E-state index < -0.39 is 0 Å². The zero-order chi connectivity index (χ0) is 22.2. The molecule has 7 nitrogen and oxygen atoms in total. The average molecular weight is 450 g/mol. The number of hydrogen-bond donors (Lipinski definition) is 0. The summed E-state index contributed by atoms with van der Waals surface area (Å²) < 4.78 is 11.3. The summed E-state index contributed by atoms with van der Waals surface area (Å²) in [6.45, 7) is 4.88. The first kappa shape index (κ1) is 20.9. The molecule has 2 heterocycles. The summed E-state index contributed by atoms with van der Waals surface area (Å²) >= 11 is 5.88. The van der Waals surface area contributed by atoms with Gasteiger partial charge >= 0.3 is 0 Å². The highest BCUT2D eigenvalue weighted by atomic mass is 32.1. The number of hydrogen-bond acceptors (Lipinski definition) is 5. The molecule has 1 aliphatic carbocycles. The van der Waals surface area contributed by atoms with Crippen molar-refractivity contribution in [2.24, 2.45) is 5.92 Å². The van der Waals surface area contributed by atoms with Gasteiger partial charge in [0.25, 0.3) is 5.56 Å². The minimum absolute atomic E-state index is 0.117. The summed E-state index contributed by atoms with van der Waals surface area (Å²) in [6.07, 6.45) is 3.68. The number of ether oxygens (including phenoxy) is 1. The largest absolute Gasteiger partial charge is 0.497 e. The maximum Gasteiger partial charge on any atom is 0.267 e. The van der Waals surface area contributed by atoms with Crippen molar-refractivity contribution in [2.45, 2.75) is 32.9 Å². The van der Waals surface area contributed by atoms with Gasteiger partial charge in [-0.15, -0.1) is 5.10 Å². The third-order valence-corrected chi connectivity index (χ3v) is 6.41. The van der Waals surface area contributed by atoms with Gasteiger partial charge in [0, 0.05) is 6.54 Å². The van der Waals surface area contributed by atoms with Gasteiger partial charge in [0.1, 0.15) is 5.75 Å². The average Bonchev–Trinajstić information content (AvgIpc) is 3.57. The second-order valence-corrected chi connectivity index (χ2v) is 8.80. The van der Waals surface area contributed by atoms with Crippen LogP contribution in [0.1, 0.15) is 26.2 Å². The van der Waals surface area contributed by atoms with E-state index >= 15 is 0 Å². The number of fused-ring (bicyclic) bond motifs is 3. The Balaban J connectivity index is 1.71. The molecule has 0 atom stereocenters. The Morgan fingerprint density at radius 3 is 2.59 bits per heavy atom. The van der Waals surface area contributed by atoms with E-state index in [0.29, 0.717) is 22.6 Å². The number of methoxy groups -OCH3 is 1. The molecule has 0 saturated heterocycles. The van der Waals surface area contributed by atoms with Crippen LogP contribution in [0.4, 0.5) is 0 Å². The second kappa shape index (κ2) is 8.52. The molecule has 5 rings (SSSR count). The zero-order valence-corrected chi connectivity index (χ0v) is 19.2. The van der Waals surface area contributed by atoms with E-state index in [2.05, 4.69) is 11.8 Å². The van der Waals surface area contributed by atoms with Crippen molar-refractivity contribution in [1.82, 2.24) is 23.6 Å². The van der Waals surface area contributed by atoms with Crippen LogP contribution < -0.4 is 10.3 Å². The topological polar surface area (TPSA) is 56.7 Å². The van der Waals surface area contributed by atoms with Crippen molar-refractivity contribution in [3.8, 4) is 11.4 Å². The predicted octanol–water partition coefficient (Wildman–Crippen LogP) is 4.26. The van der Waals surface area contributed by atoms with Gasteiger partial charge in [-0.2, -0.15) is 0 Å². The van der Waals surface area contributed by atoms with Crippen LogP contribution in [0.25, 0.3) is 22.4 Å². The first-order valence-corrected chi connectivity index (χ1v) is 11.5. The molecule has 0 aliphatic heterocycles. The van der Waals surface area contributed by atoms with Crippen LogP contribution in [-0.4, -0.2) is 43.8 Å². The fourth-order valence-electron chi connectivity index (χ4n) is 4.26. The molecular weight excluding hydrogens is 422 g/mol. The highest BCUT2D eigenvalue weighted by Crippen LogP contribution is 2.30. The molecule has 0 spiro atoms. The summed E-state index contributed by atoms with van der Waals surface area (Å²) in [5.41, 5.74) is 1.38. The number of benzene rings is 2. The van der Waals surface area contributed by atoms with Crippen molar-refractivity contribution >= 4 is 28.9 Å². The van der Waals surface area contributed by atoms with Crippen molar-refractivity contribution in [3.05, 3.63) is 63.7 Å². The molecule has 2 aromatic carbocycles. The maximum absolute atomic E-state index is 13.5. The third-order valence-electron chi connectivity index (χ3n) is 6.02. The van der Waals surface area contributed by atoms with Crippen LogP contribution in [0.2, 0.25) is 0 Å². The Morgan fingerprint density at radius 2 is 1.91 bits per heavy atom. The summed E-state index contributed by atoms with van der Waals surface area (Å²) in [4.78, 5) is 15.9. The Kier molecular flexibility index (Phi) is 5.57. The maximum atomic E-state index is 13.5. The molecule has 4 aromatic rings. The number of para-hydroxylation sites is 1. The summed E-state index contributed by atoms with van der Waals surface area (Å²) in [5, 5.41) is 5.46. The normalized spacial score (nSPS) is 14.0. The van der Waals surface area contributed by atoms with Crippen LogP contribution >= 0.6 is 12.2 Å². The van der Waals surface area contributed by atoms with Crippen molar-refractivity contribution < 1.29 is 4.74 Å². The van der Waals surface area contributed by atoms with E-state index in [9.17, 15) is 4.79 Å². The molecule has 1 aliphatic rings. The lowest BCUT2D eigenvalue weighted by Gasteiger charge is -2.20. The highest BCUT2D eigenvalue weighted by molar-refractivity contribution is 7.71. The molecule has 32 heavy (non-hydrogen) atoms. The van der Waals surface area contributed by atoms with Gasteiger partial charge in [-0.3, -0.25) is 14.1 Å². The zero-order valence-electron chi connectivity index (χ0n) is 18.4. The van der Waals surface area contributed by atoms with Crippen molar-refractivity contribution in [1.29, 1.82) is 0 Å². The van der Waals surface area contributed by atoms with E-state index in [1.165, 1.54) is 12.8 Å². The van der Waals surface area contributed by atoms with Crippen LogP contribution in [0.15, 0.2) is 53.3 Å². The Bertz CT molecular complexity index is 1380. The fraction of sp³-hybridized carbons (Fsp3) is 0.375. The van der Waals surface area contributed by atoms with Gasteiger partial charge in [-0.1, -0.05) is 19.1 Å². The fourth-order valence-corrected chi connectivity index (χ4v) is 4.54. The summed E-state index contributed by atoms with van der Waals surface area (Å²) in [6, 6.07) is 15.0. The molecular formula is C24H27N5O2S. The number of rotatable bonds is 8. The molecule has 0 radical (unpaired) electrons. The van der Waals surface area contributed by atoms with Crippen LogP contribution in [-0.2, 0) is 6.67 Å². The predicted molar refractivity (Wildman–Crippen MR) is 128 cm³/mol. The van der Waals surface area contributed by atoms with Gasteiger partial charge in [0.15, 0.2) is 0 Å². The van der Waals surface area contributed by atoms with E-state index in [-0.39, 0.29) is 5.56 Å². The minimum Gasteiger partial charge on any atom is -0.497 e.